The van der Waals surface area contributed by atoms with E-state index in [0.29, 0.717) is 11.3 Å². The molecule has 1 unspecified atom stereocenters. The van der Waals surface area contributed by atoms with Gasteiger partial charge in [0.1, 0.15) is 5.75 Å². The van der Waals surface area contributed by atoms with E-state index in [0.717, 1.165) is 12.1 Å². The lowest BCUT2D eigenvalue weighted by atomic mass is 10.2. The Labute approximate surface area is 141 Å². The molecule has 0 saturated heterocycles. The van der Waals surface area contributed by atoms with Gasteiger partial charge in [-0.1, -0.05) is 11.6 Å². The second kappa shape index (κ2) is 8.03. The van der Waals surface area contributed by atoms with Gasteiger partial charge in [0.25, 0.3) is 11.5 Å². The first-order valence-corrected chi connectivity index (χ1v) is 6.48. The molecule has 0 saturated carbocycles. The number of carbonyl (C=O) groups excluding carboxylic acids is 1. The van der Waals surface area contributed by atoms with Crippen LogP contribution in [0.2, 0.25) is 0 Å². The van der Waals surface area contributed by atoms with Crippen molar-refractivity contribution in [2.75, 3.05) is 5.32 Å². The fourth-order valence-corrected chi connectivity index (χ4v) is 1.55. The summed E-state index contributed by atoms with van der Waals surface area (Å²) in [5.41, 5.74) is -2.26. The minimum atomic E-state index is -4.14. The van der Waals surface area contributed by atoms with Crippen molar-refractivity contribution in [2.45, 2.75) is 11.7 Å². The van der Waals surface area contributed by atoms with Gasteiger partial charge in [0, 0.05) is 18.1 Å². The molecule has 1 amide bonds. The first-order valence-electron chi connectivity index (χ1n) is 6.05. The average molecular weight is 366 g/mol. The molecule has 1 aromatic heterocycles. The zero-order valence-corrected chi connectivity index (χ0v) is 12.9. The highest BCUT2D eigenvalue weighted by Gasteiger charge is 2.42. The van der Waals surface area contributed by atoms with Gasteiger partial charge in [-0.05, 0) is 36.4 Å². The Hall–Kier alpha value is -1.99. The monoisotopic (exact) mass is 365 g/mol. The summed E-state index contributed by atoms with van der Waals surface area (Å²) in [7, 11) is 0. The summed E-state index contributed by atoms with van der Waals surface area (Å²) in [6.45, 7) is 0. The number of nitrogens with one attached hydrogen (secondary N) is 1. The Morgan fingerprint density at radius 3 is 2.43 bits per heavy atom. The van der Waals surface area contributed by atoms with Crippen molar-refractivity contribution in [2.24, 2.45) is 0 Å². The van der Waals surface area contributed by atoms with Crippen LogP contribution in [0.5, 0.6) is 5.75 Å². The number of pyridine rings is 1. The maximum atomic E-state index is 13.0. The Morgan fingerprint density at radius 2 is 1.91 bits per heavy atom. The summed E-state index contributed by atoms with van der Waals surface area (Å²) in [4.78, 5) is 15.7. The Balaban J connectivity index is 0.00000264. The Morgan fingerprint density at radius 1 is 1.26 bits per heavy atom. The summed E-state index contributed by atoms with van der Waals surface area (Å²) in [5.74, 6) is -0.690. The molecular weight excluding hydrogens is 356 g/mol. The SMILES string of the molecule is O=C(Nc1ccc(OC(F)(F)C(F)Cl)cc1)c1cccnc1.[Cl-]. The van der Waals surface area contributed by atoms with Crippen LogP contribution in [0.25, 0.3) is 0 Å². The number of halogens is 5. The van der Waals surface area contributed by atoms with Crippen molar-refractivity contribution in [1.82, 2.24) is 4.98 Å². The van der Waals surface area contributed by atoms with Crippen molar-refractivity contribution in [1.29, 1.82) is 0 Å². The maximum absolute atomic E-state index is 13.0. The van der Waals surface area contributed by atoms with Gasteiger partial charge in [-0.2, -0.15) is 8.78 Å². The second-order valence-electron chi connectivity index (χ2n) is 4.18. The lowest BCUT2D eigenvalue weighted by Crippen LogP contribution is -3.00. The van der Waals surface area contributed by atoms with E-state index < -0.39 is 17.6 Å². The number of aromatic nitrogens is 1. The average Bonchev–Trinajstić information content (AvgIpc) is 2.49. The van der Waals surface area contributed by atoms with Crippen LogP contribution in [-0.2, 0) is 0 Å². The largest absolute Gasteiger partial charge is 1.00 e. The van der Waals surface area contributed by atoms with Crippen LogP contribution in [-0.4, -0.2) is 22.6 Å². The molecule has 0 aliphatic heterocycles. The molecule has 0 bridgehead atoms. The van der Waals surface area contributed by atoms with E-state index >= 15 is 0 Å². The van der Waals surface area contributed by atoms with Crippen molar-refractivity contribution in [3.8, 4) is 5.75 Å². The molecule has 4 nitrogen and oxygen atoms in total. The molecule has 2 rings (SSSR count). The lowest BCUT2D eigenvalue weighted by Gasteiger charge is -2.17. The minimum Gasteiger partial charge on any atom is -1.00 e. The number of nitrogens with zero attached hydrogens (tertiary/aromatic N) is 1. The third-order valence-electron chi connectivity index (χ3n) is 2.54. The predicted octanol–water partition coefficient (Wildman–Crippen LogP) is 0.844. The molecule has 1 aromatic carbocycles. The Kier molecular flexibility index (Phi) is 6.65. The van der Waals surface area contributed by atoms with Crippen molar-refractivity contribution < 1.29 is 35.1 Å². The number of ether oxygens (including phenoxy) is 1. The molecule has 23 heavy (non-hydrogen) atoms. The highest BCUT2D eigenvalue weighted by Crippen LogP contribution is 2.29. The molecule has 0 fully saturated rings. The van der Waals surface area contributed by atoms with Gasteiger partial charge in [-0.25, -0.2) is 4.39 Å². The zero-order valence-electron chi connectivity index (χ0n) is 11.3. The van der Waals surface area contributed by atoms with E-state index in [-0.39, 0.29) is 18.2 Å². The summed E-state index contributed by atoms with van der Waals surface area (Å²) >= 11 is 4.68. The molecule has 1 atom stereocenters. The van der Waals surface area contributed by atoms with Gasteiger partial charge >= 0.3 is 6.11 Å². The first kappa shape index (κ1) is 19.1. The molecule has 1 heterocycles. The maximum Gasteiger partial charge on any atom is 0.444 e. The molecule has 0 spiro atoms. The van der Waals surface area contributed by atoms with Crippen LogP contribution in [0.1, 0.15) is 10.4 Å². The summed E-state index contributed by atoms with van der Waals surface area (Å²) in [5, 5.41) is 2.55. The number of rotatable bonds is 5. The van der Waals surface area contributed by atoms with Crippen LogP contribution in [0.4, 0.5) is 18.9 Å². The van der Waals surface area contributed by atoms with E-state index in [1.165, 1.54) is 24.5 Å². The number of hydrogen-bond donors (Lipinski definition) is 1. The number of amides is 1. The minimum absolute atomic E-state index is 0. The van der Waals surface area contributed by atoms with E-state index in [9.17, 15) is 18.0 Å². The molecule has 1 N–H and O–H groups in total. The summed E-state index contributed by atoms with van der Waals surface area (Å²) in [6.07, 6.45) is -1.23. The second-order valence-corrected chi connectivity index (χ2v) is 4.57. The number of benzene rings is 1. The molecule has 9 heteroatoms. The van der Waals surface area contributed by atoms with Crippen LogP contribution in [0.15, 0.2) is 48.8 Å². The smallest absolute Gasteiger partial charge is 0.444 e. The van der Waals surface area contributed by atoms with Crippen LogP contribution in [0.3, 0.4) is 0 Å². The highest BCUT2D eigenvalue weighted by atomic mass is 35.5. The highest BCUT2D eigenvalue weighted by molar-refractivity contribution is 6.20. The number of carbonyl (C=O) groups is 1. The number of alkyl halides is 4. The van der Waals surface area contributed by atoms with E-state index in [1.54, 1.807) is 12.1 Å². The van der Waals surface area contributed by atoms with E-state index in [1.807, 2.05) is 0 Å². The summed E-state index contributed by atoms with van der Waals surface area (Å²) in [6, 6.07) is 8.16. The summed E-state index contributed by atoms with van der Waals surface area (Å²) < 4.78 is 42.5. The molecular formula is C14H10Cl2F3N2O2-. The quantitative estimate of drug-likeness (QED) is 0.799. The zero-order chi connectivity index (χ0) is 16.2. The van der Waals surface area contributed by atoms with E-state index in [2.05, 4.69) is 26.6 Å². The Bertz CT molecular complexity index is 640. The predicted molar refractivity (Wildman–Crippen MR) is 75.0 cm³/mol. The van der Waals surface area contributed by atoms with Crippen molar-refractivity contribution in [3.05, 3.63) is 54.4 Å². The van der Waals surface area contributed by atoms with Crippen LogP contribution >= 0.6 is 11.6 Å². The standard InChI is InChI=1S/C14H10ClF3N2O2.ClH/c15-13(16)14(17,18)22-11-5-3-10(4-6-11)20-12(21)9-2-1-7-19-8-9;/h1-8,13H,(H,20,21);1H/p-1. The van der Waals surface area contributed by atoms with Gasteiger partial charge in [-0.3, -0.25) is 9.78 Å². The molecule has 0 aliphatic rings. The van der Waals surface area contributed by atoms with Gasteiger partial charge in [0.15, 0.2) is 0 Å². The number of hydrogen-bond acceptors (Lipinski definition) is 3. The van der Waals surface area contributed by atoms with Gasteiger partial charge in [0.05, 0.1) is 5.56 Å². The topological polar surface area (TPSA) is 51.2 Å². The number of anilines is 1. The van der Waals surface area contributed by atoms with Gasteiger partial charge in [-0.15, -0.1) is 0 Å². The fraction of sp³-hybridized carbons (Fsp3) is 0.143. The van der Waals surface area contributed by atoms with E-state index in [4.69, 9.17) is 0 Å². The normalized spacial score (nSPS) is 12.0. The fourth-order valence-electron chi connectivity index (χ4n) is 1.51. The van der Waals surface area contributed by atoms with Crippen LogP contribution in [0, 0.1) is 0 Å². The van der Waals surface area contributed by atoms with Gasteiger partial charge in [0.2, 0.25) is 0 Å². The molecule has 2 aromatic rings. The van der Waals surface area contributed by atoms with Gasteiger partial charge < -0.3 is 22.5 Å². The lowest BCUT2D eigenvalue weighted by molar-refractivity contribution is -0.199. The van der Waals surface area contributed by atoms with Crippen molar-refractivity contribution >= 4 is 23.2 Å². The molecule has 124 valence electrons. The molecule has 0 aliphatic carbocycles. The third-order valence-corrected chi connectivity index (χ3v) is 2.80. The van der Waals surface area contributed by atoms with Crippen LogP contribution < -0.4 is 22.5 Å². The van der Waals surface area contributed by atoms with Crippen molar-refractivity contribution in [3.63, 3.8) is 0 Å². The molecule has 0 radical (unpaired) electrons. The first-order chi connectivity index (χ1) is 10.4. The third kappa shape index (κ3) is 5.30.